The van der Waals surface area contributed by atoms with Gasteiger partial charge in [0.25, 0.3) is 0 Å². The fourth-order valence-electron chi connectivity index (χ4n) is 2.61. The lowest BCUT2D eigenvalue weighted by atomic mass is 10.1. The van der Waals surface area contributed by atoms with E-state index in [2.05, 4.69) is 5.32 Å². The minimum Gasteiger partial charge on any atom is -0.326 e. The Bertz CT molecular complexity index is 753. The number of hydrogen-bond acceptors (Lipinski definition) is 2. The summed E-state index contributed by atoms with van der Waals surface area (Å²) in [6.07, 6.45) is 0.251. The van der Waals surface area contributed by atoms with Gasteiger partial charge in [0, 0.05) is 31.3 Å². The molecule has 2 rings (SSSR count). The standard InChI is InChI=1S/C20H24N2O2/c1-14-9-7-11-19(16(14)3)22(17(4)23)13-12-20(24)21-18-10-6-5-8-15(18)2/h5-11H,12-13H2,1-4H3,(H,21,24). The minimum absolute atomic E-state index is 0.0626. The Morgan fingerprint density at radius 2 is 1.62 bits per heavy atom. The topological polar surface area (TPSA) is 49.4 Å². The first-order valence-corrected chi connectivity index (χ1v) is 8.10. The number of rotatable bonds is 5. The fraction of sp³-hybridized carbons (Fsp3) is 0.300. The zero-order valence-corrected chi connectivity index (χ0v) is 14.7. The molecule has 4 heteroatoms. The predicted molar refractivity (Wildman–Crippen MR) is 98.4 cm³/mol. The molecular formula is C20H24N2O2. The van der Waals surface area contributed by atoms with E-state index in [0.29, 0.717) is 6.54 Å². The summed E-state index contributed by atoms with van der Waals surface area (Å²) in [5, 5.41) is 2.91. The van der Waals surface area contributed by atoms with Crippen LogP contribution < -0.4 is 10.2 Å². The summed E-state index contributed by atoms with van der Waals surface area (Å²) in [4.78, 5) is 25.9. The average molecular weight is 324 g/mol. The molecular weight excluding hydrogens is 300 g/mol. The lowest BCUT2D eigenvalue weighted by molar-refractivity contribution is -0.117. The Kier molecular flexibility index (Phi) is 5.74. The van der Waals surface area contributed by atoms with Gasteiger partial charge in [0.05, 0.1) is 0 Å². The van der Waals surface area contributed by atoms with Crippen molar-refractivity contribution in [2.45, 2.75) is 34.1 Å². The molecule has 126 valence electrons. The van der Waals surface area contributed by atoms with E-state index in [1.807, 2.05) is 63.2 Å². The Labute approximate surface area is 143 Å². The zero-order chi connectivity index (χ0) is 17.7. The van der Waals surface area contributed by atoms with Crippen molar-refractivity contribution in [2.75, 3.05) is 16.8 Å². The van der Waals surface area contributed by atoms with E-state index in [4.69, 9.17) is 0 Å². The molecule has 0 aromatic heterocycles. The lowest BCUT2D eigenvalue weighted by Gasteiger charge is -2.24. The van der Waals surface area contributed by atoms with Crippen molar-refractivity contribution in [1.82, 2.24) is 0 Å². The fourth-order valence-corrected chi connectivity index (χ4v) is 2.61. The van der Waals surface area contributed by atoms with Crippen LogP contribution in [0.4, 0.5) is 11.4 Å². The van der Waals surface area contributed by atoms with E-state index in [1.54, 1.807) is 4.90 Å². The molecule has 2 aromatic rings. The third-order valence-corrected chi connectivity index (χ3v) is 4.23. The summed E-state index contributed by atoms with van der Waals surface area (Å²) in [6.45, 7) is 7.85. The summed E-state index contributed by atoms with van der Waals surface area (Å²) in [7, 11) is 0. The maximum atomic E-state index is 12.2. The van der Waals surface area contributed by atoms with Gasteiger partial charge in [-0.1, -0.05) is 30.3 Å². The quantitative estimate of drug-likeness (QED) is 0.904. The molecule has 0 unspecified atom stereocenters. The largest absolute Gasteiger partial charge is 0.326 e. The highest BCUT2D eigenvalue weighted by Crippen LogP contribution is 2.23. The Morgan fingerprint density at radius 3 is 2.29 bits per heavy atom. The van der Waals surface area contributed by atoms with Gasteiger partial charge in [0.1, 0.15) is 0 Å². The average Bonchev–Trinajstić information content (AvgIpc) is 2.53. The van der Waals surface area contributed by atoms with Crippen molar-refractivity contribution in [3.63, 3.8) is 0 Å². The number of nitrogens with zero attached hydrogens (tertiary/aromatic N) is 1. The van der Waals surface area contributed by atoms with Gasteiger partial charge in [-0.3, -0.25) is 9.59 Å². The van der Waals surface area contributed by atoms with E-state index < -0.39 is 0 Å². The van der Waals surface area contributed by atoms with E-state index >= 15 is 0 Å². The van der Waals surface area contributed by atoms with Gasteiger partial charge in [-0.15, -0.1) is 0 Å². The second-order valence-electron chi connectivity index (χ2n) is 6.00. The van der Waals surface area contributed by atoms with Gasteiger partial charge >= 0.3 is 0 Å². The van der Waals surface area contributed by atoms with Crippen molar-refractivity contribution in [3.05, 3.63) is 59.2 Å². The van der Waals surface area contributed by atoms with Crippen molar-refractivity contribution in [2.24, 2.45) is 0 Å². The first kappa shape index (κ1) is 17.7. The first-order valence-electron chi connectivity index (χ1n) is 8.10. The van der Waals surface area contributed by atoms with Crippen LogP contribution in [0.1, 0.15) is 30.0 Å². The Morgan fingerprint density at radius 1 is 0.958 bits per heavy atom. The molecule has 1 N–H and O–H groups in total. The number of carbonyl (C=O) groups excluding carboxylic acids is 2. The Hall–Kier alpha value is -2.62. The molecule has 0 aliphatic rings. The van der Waals surface area contributed by atoms with Crippen LogP contribution in [-0.4, -0.2) is 18.4 Å². The molecule has 0 aliphatic heterocycles. The molecule has 4 nitrogen and oxygen atoms in total. The van der Waals surface area contributed by atoms with Crippen LogP contribution in [-0.2, 0) is 9.59 Å². The summed E-state index contributed by atoms with van der Waals surface area (Å²) < 4.78 is 0. The highest BCUT2D eigenvalue weighted by molar-refractivity contribution is 5.95. The second kappa shape index (κ2) is 7.77. The minimum atomic E-state index is -0.0964. The van der Waals surface area contributed by atoms with E-state index in [1.165, 1.54) is 6.92 Å². The number of carbonyl (C=O) groups is 2. The monoisotopic (exact) mass is 324 g/mol. The highest BCUT2D eigenvalue weighted by atomic mass is 16.2. The van der Waals surface area contributed by atoms with Gasteiger partial charge in [-0.05, 0) is 49.6 Å². The van der Waals surface area contributed by atoms with E-state index in [0.717, 1.165) is 28.1 Å². The summed E-state index contributed by atoms with van der Waals surface area (Å²) >= 11 is 0. The number of amides is 2. The van der Waals surface area contributed by atoms with Crippen molar-refractivity contribution in [3.8, 4) is 0 Å². The molecule has 0 saturated carbocycles. The molecule has 0 saturated heterocycles. The molecule has 0 radical (unpaired) electrons. The molecule has 24 heavy (non-hydrogen) atoms. The van der Waals surface area contributed by atoms with Crippen LogP contribution in [0.2, 0.25) is 0 Å². The van der Waals surface area contributed by atoms with Crippen molar-refractivity contribution in [1.29, 1.82) is 0 Å². The highest BCUT2D eigenvalue weighted by Gasteiger charge is 2.16. The molecule has 0 atom stereocenters. The summed E-state index contributed by atoms with van der Waals surface area (Å²) in [6, 6.07) is 13.5. The van der Waals surface area contributed by atoms with Gasteiger partial charge in [-0.2, -0.15) is 0 Å². The van der Waals surface area contributed by atoms with Gasteiger partial charge in [0.2, 0.25) is 11.8 Å². The van der Waals surface area contributed by atoms with E-state index in [-0.39, 0.29) is 18.2 Å². The molecule has 2 aromatic carbocycles. The maximum Gasteiger partial charge on any atom is 0.226 e. The normalized spacial score (nSPS) is 10.3. The lowest BCUT2D eigenvalue weighted by Crippen LogP contribution is -2.32. The number of aryl methyl sites for hydroxylation is 2. The molecule has 0 heterocycles. The van der Waals surface area contributed by atoms with Gasteiger partial charge in [-0.25, -0.2) is 0 Å². The van der Waals surface area contributed by atoms with Gasteiger partial charge < -0.3 is 10.2 Å². The maximum absolute atomic E-state index is 12.2. The SMILES string of the molecule is CC(=O)N(CCC(=O)Nc1ccccc1C)c1cccc(C)c1C. The second-order valence-corrected chi connectivity index (χ2v) is 6.00. The first-order chi connectivity index (χ1) is 11.4. The molecule has 0 bridgehead atoms. The smallest absolute Gasteiger partial charge is 0.226 e. The van der Waals surface area contributed by atoms with Crippen LogP contribution in [0.5, 0.6) is 0 Å². The van der Waals surface area contributed by atoms with E-state index in [9.17, 15) is 9.59 Å². The van der Waals surface area contributed by atoms with Crippen molar-refractivity contribution < 1.29 is 9.59 Å². The van der Waals surface area contributed by atoms with Crippen LogP contribution in [0.15, 0.2) is 42.5 Å². The van der Waals surface area contributed by atoms with Crippen LogP contribution in [0, 0.1) is 20.8 Å². The zero-order valence-electron chi connectivity index (χ0n) is 14.7. The number of para-hydroxylation sites is 1. The number of hydrogen-bond donors (Lipinski definition) is 1. The number of nitrogens with one attached hydrogen (secondary N) is 1. The van der Waals surface area contributed by atoms with Crippen LogP contribution in [0.3, 0.4) is 0 Å². The molecule has 0 spiro atoms. The summed E-state index contributed by atoms with van der Waals surface area (Å²) in [5.41, 5.74) is 4.88. The van der Waals surface area contributed by atoms with Gasteiger partial charge in [0.15, 0.2) is 0 Å². The summed E-state index contributed by atoms with van der Waals surface area (Å²) in [5.74, 6) is -0.159. The van der Waals surface area contributed by atoms with Crippen LogP contribution in [0.25, 0.3) is 0 Å². The van der Waals surface area contributed by atoms with Crippen LogP contribution >= 0.6 is 0 Å². The third-order valence-electron chi connectivity index (χ3n) is 4.23. The molecule has 0 fully saturated rings. The number of anilines is 2. The molecule has 2 amide bonds. The predicted octanol–water partition coefficient (Wildman–Crippen LogP) is 3.99. The molecule has 0 aliphatic carbocycles. The Balaban J connectivity index is 2.07. The van der Waals surface area contributed by atoms with Crippen molar-refractivity contribution >= 4 is 23.2 Å². The number of benzene rings is 2. The third kappa shape index (κ3) is 4.22.